The van der Waals surface area contributed by atoms with Crippen molar-refractivity contribution in [3.8, 4) is 0 Å². The van der Waals surface area contributed by atoms with Gasteiger partial charge in [0.25, 0.3) is 5.91 Å². The molecule has 7 N–H and O–H groups in total. The zero-order valence-corrected chi connectivity index (χ0v) is 36.5. The Morgan fingerprint density at radius 2 is 1.25 bits per heavy atom. The summed E-state index contributed by atoms with van der Waals surface area (Å²) in [5.74, 6) is -1.18. The maximum Gasteiger partial charge on any atom is 0.434 e. The van der Waals surface area contributed by atoms with E-state index in [-0.39, 0.29) is 51.1 Å². The fourth-order valence-electron chi connectivity index (χ4n) is 6.46. The molecule has 0 spiro atoms. The normalized spacial score (nSPS) is 12.0. The van der Waals surface area contributed by atoms with Crippen LogP contribution in [0, 0.1) is 0 Å². The maximum absolute atomic E-state index is 13.6. The van der Waals surface area contributed by atoms with Crippen molar-refractivity contribution in [2.75, 3.05) is 32.7 Å². The second-order valence-electron chi connectivity index (χ2n) is 15.0. The molecule has 0 saturated heterocycles. The number of nitrogens with zero attached hydrogens (tertiary/aromatic N) is 2. The molecule has 0 radical (unpaired) electrons. The molecule has 18 nitrogen and oxygen atoms in total. The first-order chi connectivity index (χ1) is 31.5. The summed E-state index contributed by atoms with van der Waals surface area (Å²) in [6.45, 7) is 3.14. The number of fused-ring (bicyclic) bond motifs is 1. The van der Waals surface area contributed by atoms with Crippen LogP contribution in [0.5, 0.6) is 0 Å². The average Bonchev–Trinajstić information content (AvgIpc) is 3.30. The highest BCUT2D eigenvalue weighted by molar-refractivity contribution is 5.98. The van der Waals surface area contributed by atoms with Gasteiger partial charge in [-0.25, -0.2) is 19.2 Å². The fourth-order valence-corrected chi connectivity index (χ4v) is 6.46. The summed E-state index contributed by atoms with van der Waals surface area (Å²) in [5.41, 5.74) is 2.41. The van der Waals surface area contributed by atoms with Crippen molar-refractivity contribution >= 4 is 52.9 Å². The Hall–Kier alpha value is -7.21. The molecule has 2 atom stereocenters. The van der Waals surface area contributed by atoms with Crippen molar-refractivity contribution in [1.29, 1.82) is 0 Å². The van der Waals surface area contributed by atoms with Gasteiger partial charge in [-0.15, -0.1) is 4.99 Å². The Kier molecular flexibility index (Phi) is 22.1. The monoisotopic (exact) mass is 897 g/mol. The standard InChI is InChI=1S/C47H59N7O11/c1-34(38-25-24-37-21-11-12-22-39(37)31-38)65-42(41(56)48-26-14-15-29-54(30-16-28-50-44(57)58)47(62)64-33-36-19-8-5-9-20-36)51-40(55)23-10-2-3-13-27-49-43(52-45(59)60)53-46(61)63-32-35-17-6-4-7-18-35/h4-9,11-12,17-22,24-25,31,34,42,50H,2-3,10,13-16,23,26-30,32-33H2,1H3,(H,48,56)(H,51,55)(H,57,58)(H,59,60)(H2,49,52,53,61)/t34-,42-/m0/s1. The van der Waals surface area contributed by atoms with E-state index in [0.29, 0.717) is 58.0 Å². The van der Waals surface area contributed by atoms with Gasteiger partial charge < -0.3 is 50.6 Å². The van der Waals surface area contributed by atoms with Crippen molar-refractivity contribution < 1.29 is 53.2 Å². The molecular formula is C47H59N7O11. The largest absolute Gasteiger partial charge is 0.465 e. The van der Waals surface area contributed by atoms with Gasteiger partial charge >= 0.3 is 24.4 Å². The Balaban J connectivity index is 1.24. The minimum Gasteiger partial charge on any atom is -0.465 e. The predicted molar refractivity (Wildman–Crippen MR) is 243 cm³/mol. The van der Waals surface area contributed by atoms with E-state index in [9.17, 15) is 28.8 Å². The summed E-state index contributed by atoms with van der Waals surface area (Å²) in [7, 11) is 0. The Bertz CT molecular complexity index is 2160. The number of benzene rings is 4. The SMILES string of the molecule is C[C@H](O[C@H](NC(=O)CCCCCCNC(=NC(=O)O)NC(=O)OCc1ccccc1)C(=O)NCCCCN(CCCNC(=O)O)C(=O)OCc1ccccc1)c1ccc2ccccc2c1. The first-order valence-electron chi connectivity index (χ1n) is 21.6. The van der Waals surface area contributed by atoms with Gasteiger partial charge in [0.05, 0.1) is 6.10 Å². The topological polar surface area (TPSA) is 246 Å². The number of carbonyl (C=O) groups is 6. The smallest absolute Gasteiger partial charge is 0.434 e. The van der Waals surface area contributed by atoms with E-state index in [1.807, 2.05) is 78.9 Å². The van der Waals surface area contributed by atoms with Gasteiger partial charge in [0.1, 0.15) is 13.2 Å². The number of guanidine groups is 1. The van der Waals surface area contributed by atoms with E-state index in [1.165, 1.54) is 4.90 Å². The number of hydrogen-bond donors (Lipinski definition) is 7. The summed E-state index contributed by atoms with van der Waals surface area (Å²) in [6, 6.07) is 32.0. The first-order valence-corrected chi connectivity index (χ1v) is 21.6. The van der Waals surface area contributed by atoms with Crippen LogP contribution in [-0.4, -0.2) is 96.2 Å². The summed E-state index contributed by atoms with van der Waals surface area (Å²) in [6.07, 6.45) is -2.05. The van der Waals surface area contributed by atoms with Crippen LogP contribution in [0.1, 0.15) is 81.1 Å². The molecule has 0 saturated carbocycles. The lowest BCUT2D eigenvalue weighted by atomic mass is 10.0. The second-order valence-corrected chi connectivity index (χ2v) is 15.0. The van der Waals surface area contributed by atoms with E-state index in [1.54, 1.807) is 31.2 Å². The molecule has 0 heterocycles. The van der Waals surface area contributed by atoms with Gasteiger partial charge in [0.2, 0.25) is 18.1 Å². The van der Waals surface area contributed by atoms with Crippen LogP contribution in [-0.2, 0) is 37.0 Å². The summed E-state index contributed by atoms with van der Waals surface area (Å²) < 4.78 is 16.8. The third-order valence-corrected chi connectivity index (χ3v) is 9.88. The predicted octanol–water partition coefficient (Wildman–Crippen LogP) is 7.05. The van der Waals surface area contributed by atoms with Crippen molar-refractivity contribution in [1.82, 2.24) is 31.5 Å². The van der Waals surface area contributed by atoms with Crippen molar-refractivity contribution in [3.05, 3.63) is 120 Å². The van der Waals surface area contributed by atoms with E-state index in [4.69, 9.17) is 24.4 Å². The second kappa shape index (κ2) is 28.5. The molecule has 4 aromatic carbocycles. The summed E-state index contributed by atoms with van der Waals surface area (Å²) >= 11 is 0. The number of unbranched alkanes of at least 4 members (excludes halogenated alkanes) is 4. The molecule has 0 bridgehead atoms. The Morgan fingerprint density at radius 1 is 0.646 bits per heavy atom. The van der Waals surface area contributed by atoms with E-state index < -0.39 is 42.6 Å². The van der Waals surface area contributed by atoms with Crippen LogP contribution >= 0.6 is 0 Å². The minimum absolute atomic E-state index is 0.00293. The first kappa shape index (κ1) is 50.4. The number of carboxylic acid groups (broad SMARTS) is 2. The molecule has 4 aromatic rings. The van der Waals surface area contributed by atoms with Crippen LogP contribution in [0.25, 0.3) is 10.8 Å². The van der Waals surface area contributed by atoms with E-state index in [2.05, 4.69) is 31.6 Å². The van der Waals surface area contributed by atoms with Gasteiger partial charge in [-0.3, -0.25) is 14.9 Å². The number of carbonyl (C=O) groups excluding carboxylic acids is 4. The molecule has 0 aliphatic carbocycles. The molecule has 18 heteroatoms. The average molecular weight is 898 g/mol. The van der Waals surface area contributed by atoms with Gasteiger partial charge in [0.15, 0.2) is 0 Å². The van der Waals surface area contributed by atoms with Crippen molar-refractivity contribution in [3.63, 3.8) is 0 Å². The van der Waals surface area contributed by atoms with E-state index >= 15 is 0 Å². The third kappa shape index (κ3) is 20.2. The highest BCUT2D eigenvalue weighted by Gasteiger charge is 2.25. The van der Waals surface area contributed by atoms with Crippen molar-refractivity contribution in [2.45, 2.75) is 83.8 Å². The van der Waals surface area contributed by atoms with Gasteiger partial charge in [-0.05, 0) is 72.6 Å². The van der Waals surface area contributed by atoms with Crippen LogP contribution in [0.15, 0.2) is 108 Å². The molecule has 0 unspecified atom stereocenters. The number of hydrogen-bond acceptors (Lipinski definition) is 9. The number of alkyl carbamates (subject to hydrolysis) is 1. The van der Waals surface area contributed by atoms with Gasteiger partial charge in [0, 0.05) is 39.1 Å². The lowest BCUT2D eigenvalue weighted by Gasteiger charge is -2.24. The number of ether oxygens (including phenoxy) is 3. The molecule has 0 aliphatic heterocycles. The molecular weight excluding hydrogens is 839 g/mol. The molecule has 65 heavy (non-hydrogen) atoms. The molecule has 6 amide bonds. The summed E-state index contributed by atoms with van der Waals surface area (Å²) in [4.78, 5) is 79.0. The Morgan fingerprint density at radius 3 is 1.94 bits per heavy atom. The maximum atomic E-state index is 13.6. The number of nitrogens with one attached hydrogen (secondary N) is 5. The molecule has 0 aromatic heterocycles. The van der Waals surface area contributed by atoms with Crippen LogP contribution < -0.4 is 26.6 Å². The summed E-state index contributed by atoms with van der Waals surface area (Å²) in [5, 5.41) is 33.1. The molecule has 4 rings (SSSR count). The number of rotatable bonds is 25. The lowest BCUT2D eigenvalue weighted by Crippen LogP contribution is -2.49. The van der Waals surface area contributed by atoms with Crippen molar-refractivity contribution in [2.24, 2.45) is 4.99 Å². The fraction of sp³-hybridized carbons (Fsp3) is 0.383. The zero-order valence-electron chi connectivity index (χ0n) is 36.5. The zero-order chi connectivity index (χ0) is 46.7. The van der Waals surface area contributed by atoms with Crippen LogP contribution in [0.3, 0.4) is 0 Å². The number of amides is 6. The van der Waals surface area contributed by atoms with Crippen LogP contribution in [0.2, 0.25) is 0 Å². The molecule has 348 valence electrons. The Labute approximate surface area is 378 Å². The molecule has 0 fully saturated rings. The quantitative estimate of drug-likeness (QED) is 0.0153. The van der Waals surface area contributed by atoms with E-state index in [0.717, 1.165) is 27.5 Å². The van der Waals surface area contributed by atoms with Gasteiger partial charge in [-0.1, -0.05) is 110 Å². The third-order valence-electron chi connectivity index (χ3n) is 9.88. The van der Waals surface area contributed by atoms with Gasteiger partial charge in [-0.2, -0.15) is 0 Å². The highest BCUT2D eigenvalue weighted by Crippen LogP contribution is 2.23. The highest BCUT2D eigenvalue weighted by atomic mass is 16.6. The van der Waals surface area contributed by atoms with Crippen LogP contribution in [0.4, 0.5) is 19.2 Å². The molecule has 0 aliphatic rings. The number of aliphatic imine (C=N–C) groups is 1. The lowest BCUT2D eigenvalue weighted by molar-refractivity contribution is -0.145. The minimum atomic E-state index is -1.49.